The van der Waals surface area contributed by atoms with Crippen LogP contribution in [-0.2, 0) is 25.2 Å². The molecule has 0 aliphatic rings. The van der Waals surface area contributed by atoms with Crippen molar-refractivity contribution in [2.45, 2.75) is 117 Å². The Morgan fingerprint density at radius 3 is 1.56 bits per heavy atom. The maximum Gasteiger partial charge on any atom is 0.435 e. The number of hydrogen-bond donors (Lipinski definition) is 0. The van der Waals surface area contributed by atoms with Crippen molar-refractivity contribution in [3.63, 3.8) is 0 Å². The number of benzene rings is 4. The highest BCUT2D eigenvalue weighted by Crippen LogP contribution is 2.48. The van der Waals surface area contributed by atoms with Gasteiger partial charge in [0.15, 0.2) is 11.4 Å². The lowest BCUT2D eigenvalue weighted by Crippen LogP contribution is -2.21. The molecule has 3 aromatic heterocycles. The highest BCUT2D eigenvalue weighted by molar-refractivity contribution is 7.19. The van der Waals surface area contributed by atoms with Gasteiger partial charge >= 0.3 is 12.4 Å². The van der Waals surface area contributed by atoms with Gasteiger partial charge in [-0.15, -0.1) is 11.3 Å². The zero-order valence-electron chi connectivity index (χ0n) is 35.9. The number of rotatable bonds is 18. The van der Waals surface area contributed by atoms with Gasteiger partial charge in [-0.2, -0.15) is 35.1 Å². The van der Waals surface area contributed by atoms with E-state index in [-0.39, 0.29) is 27.7 Å². The summed E-state index contributed by atoms with van der Waals surface area (Å²) >= 11 is 2.06. The van der Waals surface area contributed by atoms with Crippen molar-refractivity contribution < 1.29 is 30.7 Å². The molecule has 2 atom stereocenters. The average molecular weight is 905 g/mol. The summed E-state index contributed by atoms with van der Waals surface area (Å²) in [5.74, 6) is 0.847. The second-order valence-electron chi connectivity index (χ2n) is 16.5. The molecule has 0 N–H and O–H groups in total. The van der Waals surface area contributed by atoms with Gasteiger partial charge in [0.1, 0.15) is 27.9 Å². The van der Waals surface area contributed by atoms with Crippen LogP contribution in [0.5, 0.6) is 0 Å². The van der Waals surface area contributed by atoms with Crippen LogP contribution in [0.4, 0.5) is 30.7 Å². The number of nitrogens with zero attached hydrogens (tertiary/aromatic N) is 4. The van der Waals surface area contributed by atoms with Crippen LogP contribution < -0.4 is 0 Å². The fourth-order valence-corrected chi connectivity index (χ4v) is 10.1. The summed E-state index contributed by atoms with van der Waals surface area (Å²) in [6.45, 7) is 8.78. The van der Waals surface area contributed by atoms with E-state index in [2.05, 4.69) is 58.5 Å². The first-order chi connectivity index (χ1) is 30.2. The number of thiophene rings is 1. The predicted molar refractivity (Wildman–Crippen MR) is 243 cm³/mol. The van der Waals surface area contributed by atoms with Crippen LogP contribution in [0.3, 0.4) is 0 Å². The number of halogens is 7. The van der Waals surface area contributed by atoms with Gasteiger partial charge in [0, 0.05) is 26.4 Å². The Kier molecular flexibility index (Phi) is 14.7. The molecule has 0 fully saturated rings. The highest BCUT2D eigenvalue weighted by atomic mass is 32.1. The van der Waals surface area contributed by atoms with Crippen molar-refractivity contribution in [1.82, 2.24) is 18.7 Å². The molecule has 0 aliphatic carbocycles. The van der Waals surface area contributed by atoms with E-state index in [4.69, 9.17) is 0 Å². The third kappa shape index (κ3) is 10.5. The predicted octanol–water partition coefficient (Wildman–Crippen LogP) is 16.8. The molecule has 0 radical (unpaired) electrons. The Morgan fingerprint density at radius 1 is 0.524 bits per heavy atom. The maximum absolute atomic E-state index is 15.6. The molecule has 4 nitrogen and oxygen atoms in total. The van der Waals surface area contributed by atoms with Gasteiger partial charge in [0.2, 0.25) is 0 Å². The largest absolute Gasteiger partial charge is 0.435 e. The molecule has 0 bridgehead atoms. The first-order valence-electron chi connectivity index (χ1n) is 22.0. The molecule has 0 saturated carbocycles. The highest BCUT2D eigenvalue weighted by Gasteiger charge is 2.47. The Bertz CT molecular complexity index is 2630. The first kappa shape index (κ1) is 46.2. The molecular weight excluding hydrogens is 854 g/mol. The van der Waals surface area contributed by atoms with Crippen LogP contribution in [0, 0.1) is 17.7 Å². The lowest BCUT2D eigenvalue weighted by molar-refractivity contribution is -0.167. The van der Waals surface area contributed by atoms with E-state index in [1.165, 1.54) is 42.6 Å². The quantitative estimate of drug-likeness (QED) is 0.0805. The van der Waals surface area contributed by atoms with Crippen LogP contribution in [0.2, 0.25) is 0 Å². The summed E-state index contributed by atoms with van der Waals surface area (Å²) < 4.78 is 112. The Morgan fingerprint density at radius 2 is 1.02 bits per heavy atom. The van der Waals surface area contributed by atoms with Crippen molar-refractivity contribution in [3.05, 3.63) is 107 Å². The number of alkyl halides is 6. The molecular formula is C50H51F7N4S2. The molecule has 2 unspecified atom stereocenters. The summed E-state index contributed by atoms with van der Waals surface area (Å²) in [7, 11) is 0. The number of aromatic nitrogens is 4. The Labute approximate surface area is 372 Å². The fraction of sp³-hybridized carbons (Fsp3) is 0.400. The topological polar surface area (TPSA) is 51.6 Å². The van der Waals surface area contributed by atoms with Gasteiger partial charge in [-0.1, -0.05) is 140 Å². The van der Waals surface area contributed by atoms with E-state index in [9.17, 15) is 26.3 Å². The Hall–Kier alpha value is -4.75. The third-order valence-electron chi connectivity index (χ3n) is 12.2. The number of unbranched alkanes of at least 4 members (excludes halogenated alkanes) is 2. The summed E-state index contributed by atoms with van der Waals surface area (Å²) in [4.78, 5) is 8.80. The van der Waals surface area contributed by atoms with Gasteiger partial charge in [-0.3, -0.25) is 0 Å². The minimum absolute atomic E-state index is 0.0486. The smallest absolute Gasteiger partial charge is 0.239 e. The SMILES string of the molecule is CCCCC(CC)CCc1ccc(-c2ccc(-c3c4nsnc4c(-c4ccc(-c5ccc(CCC(CC)CCCC)cc5F)cc4)c4nc(C(F)(F)F)c(C(F)(F)F)nc34)s2)cc1. The van der Waals surface area contributed by atoms with Crippen molar-refractivity contribution in [2.24, 2.45) is 11.8 Å². The molecule has 0 spiro atoms. The van der Waals surface area contributed by atoms with E-state index in [1.807, 2.05) is 24.3 Å². The van der Waals surface area contributed by atoms with Crippen molar-refractivity contribution >= 4 is 45.1 Å². The van der Waals surface area contributed by atoms with E-state index in [1.54, 1.807) is 42.5 Å². The lowest BCUT2D eigenvalue weighted by Gasteiger charge is -2.18. The number of aryl methyl sites for hydroxylation is 2. The van der Waals surface area contributed by atoms with E-state index in [0.29, 0.717) is 33.4 Å². The second-order valence-corrected chi connectivity index (χ2v) is 18.1. The van der Waals surface area contributed by atoms with E-state index < -0.39 is 35.1 Å². The van der Waals surface area contributed by atoms with Gasteiger partial charge in [0.25, 0.3) is 0 Å². The molecule has 7 aromatic rings. The fourth-order valence-electron chi connectivity index (χ4n) is 8.49. The summed E-state index contributed by atoms with van der Waals surface area (Å²) in [6, 6.07) is 23.3. The zero-order valence-corrected chi connectivity index (χ0v) is 37.5. The first-order valence-corrected chi connectivity index (χ1v) is 23.5. The molecule has 0 aliphatic heterocycles. The Balaban J connectivity index is 1.27. The van der Waals surface area contributed by atoms with Crippen molar-refractivity contribution in [1.29, 1.82) is 0 Å². The van der Waals surface area contributed by atoms with Crippen LogP contribution in [0.15, 0.2) is 78.9 Å². The number of hydrogen-bond acceptors (Lipinski definition) is 6. The normalized spacial score (nSPS) is 13.3. The van der Waals surface area contributed by atoms with Gasteiger partial charge in [0.05, 0.1) is 11.7 Å². The maximum atomic E-state index is 15.6. The lowest BCUT2D eigenvalue weighted by atomic mass is 9.91. The minimum atomic E-state index is -5.48. The van der Waals surface area contributed by atoms with Crippen LogP contribution in [0.1, 0.15) is 114 Å². The molecule has 13 heteroatoms. The van der Waals surface area contributed by atoms with E-state index in [0.717, 1.165) is 79.1 Å². The van der Waals surface area contributed by atoms with Gasteiger partial charge in [-0.05, 0) is 83.5 Å². The van der Waals surface area contributed by atoms with E-state index >= 15 is 4.39 Å². The van der Waals surface area contributed by atoms with Crippen molar-refractivity contribution in [3.8, 4) is 43.1 Å². The second kappa shape index (κ2) is 20.0. The summed E-state index contributed by atoms with van der Waals surface area (Å²) in [5.41, 5.74) is -0.372. The molecule has 3 heterocycles. The van der Waals surface area contributed by atoms with Crippen LogP contribution in [-0.4, -0.2) is 18.7 Å². The van der Waals surface area contributed by atoms with Crippen molar-refractivity contribution in [2.75, 3.05) is 0 Å². The molecule has 332 valence electrons. The molecule has 0 amide bonds. The zero-order chi connectivity index (χ0) is 44.9. The van der Waals surface area contributed by atoms with Gasteiger partial charge < -0.3 is 0 Å². The number of fused-ring (bicyclic) bond motifs is 2. The standard InChI is InChI=1S/C50H51F7N4S2/c1-5-9-11-30(7-3)13-15-32-17-20-35(21-18-32)39-27-28-40(62-39)42-44-43(58-47(49(52,53)54)48(59-44)50(55,56)57)41(45-46(42)61-63-60-45)36-24-22-34(23-25-36)37-26-19-33(29-38(37)51)16-14-31(8-4)12-10-6-2/h17-31H,5-16H2,1-4H3. The monoisotopic (exact) mass is 904 g/mol. The van der Waals surface area contributed by atoms with Gasteiger partial charge in [-0.25, -0.2) is 14.4 Å². The van der Waals surface area contributed by atoms with Crippen LogP contribution >= 0.6 is 23.1 Å². The third-order valence-corrected chi connectivity index (χ3v) is 13.9. The minimum Gasteiger partial charge on any atom is -0.239 e. The average Bonchev–Trinajstić information content (AvgIpc) is 3.96. The molecule has 7 rings (SSSR count). The van der Waals surface area contributed by atoms with Crippen LogP contribution in [0.25, 0.3) is 65.2 Å². The molecule has 0 saturated heterocycles. The summed E-state index contributed by atoms with van der Waals surface area (Å²) in [5, 5.41) is 0. The molecule has 4 aromatic carbocycles. The molecule has 63 heavy (non-hydrogen) atoms. The summed E-state index contributed by atoms with van der Waals surface area (Å²) in [6.07, 6.45) is 2.12.